The van der Waals surface area contributed by atoms with E-state index in [1.807, 2.05) is 12.2 Å². The van der Waals surface area contributed by atoms with Crippen LogP contribution >= 0.6 is 0 Å². The topological polar surface area (TPSA) is 175 Å². The van der Waals surface area contributed by atoms with Gasteiger partial charge in [0.15, 0.2) is 24.6 Å². The van der Waals surface area contributed by atoms with Crippen molar-refractivity contribution in [2.45, 2.75) is 225 Å². The van der Waals surface area contributed by atoms with Gasteiger partial charge in [0.25, 0.3) is 0 Å². The van der Waals surface area contributed by atoms with Crippen molar-refractivity contribution in [1.82, 2.24) is 0 Å². The van der Waals surface area contributed by atoms with E-state index in [0.717, 1.165) is 116 Å². The molecule has 0 aromatic carbocycles. The molecule has 0 aromatic heterocycles. The van der Waals surface area contributed by atoms with E-state index < -0.39 is 67.3 Å². The third-order valence-corrected chi connectivity index (χ3v) is 11.7. The average molecular weight is 1050 g/mol. The molecule has 0 bridgehead atoms. The maximum Gasteiger partial charge on any atom is 0.335 e. The van der Waals surface area contributed by atoms with Crippen molar-refractivity contribution in [3.63, 3.8) is 0 Å². The molecule has 75 heavy (non-hydrogen) atoms. The van der Waals surface area contributed by atoms with Gasteiger partial charge in [-0.05, 0) is 109 Å². The smallest absolute Gasteiger partial charge is 0.335 e. The number of carboxylic acid groups (broad SMARTS) is 1. The Morgan fingerprint density at radius 2 is 0.880 bits per heavy atom. The third kappa shape index (κ3) is 39.9. The number of carbonyl (C=O) groups is 4. The Morgan fingerprint density at radius 3 is 1.37 bits per heavy atom. The Balaban J connectivity index is 2.77. The van der Waals surface area contributed by atoms with Crippen LogP contribution in [0.5, 0.6) is 0 Å². The van der Waals surface area contributed by atoms with Gasteiger partial charge in [-0.1, -0.05) is 193 Å². The summed E-state index contributed by atoms with van der Waals surface area (Å²) in [5.74, 6) is -3.36. The highest BCUT2D eigenvalue weighted by Crippen LogP contribution is 2.26. The molecule has 1 rings (SSSR count). The molecule has 0 aromatic rings. The normalized spacial score (nSPS) is 19.2. The summed E-state index contributed by atoms with van der Waals surface area (Å²) in [4.78, 5) is 50.9. The standard InChI is InChI=1S/C63H96O12/c1-4-7-10-13-16-19-22-24-26-27-28-29-31-32-35-37-40-43-46-49-55(64)71-52-54(73-56(65)50-47-44-41-38-34-21-18-15-12-9-6-3)53-72-63-61(59(68)58(67)60(75-63)62(69)70)74-57(66)51-48-45-42-39-36-33-30-25-23-20-17-14-11-8-5-2/h7-8,10-11,15-20,24-26,28-30,32,35-36,39,45,48,54,58-61,63,67-68H,4-6,9,12-14,21-23,27,31,33-34,37-38,40-44,46-47,49-53H2,1-3H3,(H,69,70)/b10-7-,11-8-,18-15-,19-16-,20-17-,26-24-,29-28-,30-25-,35-32-,39-36-,48-45-. The van der Waals surface area contributed by atoms with Crippen LogP contribution in [-0.4, -0.2) is 89.2 Å². The molecule has 12 nitrogen and oxygen atoms in total. The summed E-state index contributed by atoms with van der Waals surface area (Å²) in [6.07, 6.45) is 57.4. The molecule has 1 aliphatic heterocycles. The van der Waals surface area contributed by atoms with E-state index in [1.54, 1.807) is 12.2 Å². The first-order chi connectivity index (χ1) is 36.6. The molecule has 1 aliphatic rings. The van der Waals surface area contributed by atoms with Gasteiger partial charge in [-0.3, -0.25) is 14.4 Å². The first-order valence-electron chi connectivity index (χ1n) is 28.2. The molecule has 6 unspecified atom stereocenters. The van der Waals surface area contributed by atoms with Gasteiger partial charge in [0.05, 0.1) is 13.0 Å². The number of esters is 3. The lowest BCUT2D eigenvalue weighted by atomic mass is 9.98. The van der Waals surface area contributed by atoms with E-state index in [4.69, 9.17) is 23.7 Å². The monoisotopic (exact) mass is 1040 g/mol. The van der Waals surface area contributed by atoms with E-state index in [9.17, 15) is 34.5 Å². The second-order valence-corrected chi connectivity index (χ2v) is 18.5. The molecule has 0 aliphatic carbocycles. The highest BCUT2D eigenvalue weighted by Gasteiger charge is 2.50. The SMILES string of the molecule is CC/C=C\C/C=C\C/C=C\C/C=C\C/C=C\CCCCCC(=O)OCC(COC1OC(C(=O)O)C(O)C(O)C1OC(=O)C/C=C\C/C=C\C/C=C\C/C=C\C/C=C\CC)OC(=O)CCCCCCC/C=C\CCCC. The van der Waals surface area contributed by atoms with Crippen molar-refractivity contribution in [3.8, 4) is 0 Å². The first kappa shape index (κ1) is 67.9. The number of aliphatic hydroxyl groups is 2. The molecule has 1 saturated heterocycles. The second kappa shape index (κ2) is 49.7. The predicted molar refractivity (Wildman–Crippen MR) is 303 cm³/mol. The lowest BCUT2D eigenvalue weighted by molar-refractivity contribution is -0.301. The fourth-order valence-corrected chi connectivity index (χ4v) is 7.45. The summed E-state index contributed by atoms with van der Waals surface area (Å²) in [6.45, 7) is 5.61. The molecule has 0 saturated carbocycles. The molecule has 1 fully saturated rings. The third-order valence-electron chi connectivity index (χ3n) is 11.7. The minimum atomic E-state index is -1.95. The van der Waals surface area contributed by atoms with Crippen LogP contribution < -0.4 is 0 Å². The number of rotatable bonds is 45. The quantitative estimate of drug-likeness (QED) is 0.0228. The van der Waals surface area contributed by atoms with Crippen LogP contribution in [0.15, 0.2) is 134 Å². The lowest BCUT2D eigenvalue weighted by Crippen LogP contribution is -2.61. The van der Waals surface area contributed by atoms with E-state index >= 15 is 0 Å². The molecular formula is C63H96O12. The van der Waals surface area contributed by atoms with Gasteiger partial charge in [-0.25, -0.2) is 4.79 Å². The van der Waals surface area contributed by atoms with E-state index in [-0.39, 0.29) is 25.9 Å². The van der Waals surface area contributed by atoms with Crippen LogP contribution in [0.4, 0.5) is 0 Å². The molecule has 6 atom stereocenters. The molecule has 12 heteroatoms. The van der Waals surface area contributed by atoms with Crippen molar-refractivity contribution in [2.24, 2.45) is 0 Å². The maximum absolute atomic E-state index is 13.1. The zero-order valence-electron chi connectivity index (χ0n) is 46.0. The number of carboxylic acids is 1. The van der Waals surface area contributed by atoms with Crippen LogP contribution in [0.25, 0.3) is 0 Å². The molecular weight excluding hydrogens is 949 g/mol. The number of hydrogen-bond acceptors (Lipinski definition) is 11. The summed E-state index contributed by atoms with van der Waals surface area (Å²) in [5, 5.41) is 31.4. The summed E-state index contributed by atoms with van der Waals surface area (Å²) in [7, 11) is 0. The summed E-state index contributed by atoms with van der Waals surface area (Å²) >= 11 is 0. The van der Waals surface area contributed by atoms with Gasteiger partial charge < -0.3 is 39.0 Å². The number of carbonyl (C=O) groups excluding carboxylic acids is 3. The number of aliphatic hydroxyl groups excluding tert-OH is 2. The number of allylic oxidation sites excluding steroid dienone is 21. The second-order valence-electron chi connectivity index (χ2n) is 18.5. The number of unbranched alkanes of at least 4 members (excludes halogenated alkanes) is 10. The average Bonchev–Trinajstić information content (AvgIpc) is 3.39. The largest absolute Gasteiger partial charge is 0.479 e. The minimum Gasteiger partial charge on any atom is -0.479 e. The summed E-state index contributed by atoms with van der Waals surface area (Å²) < 4.78 is 28.2. The number of hydrogen-bond donors (Lipinski definition) is 3. The van der Waals surface area contributed by atoms with Gasteiger partial charge in [0.1, 0.15) is 18.8 Å². The van der Waals surface area contributed by atoms with Crippen molar-refractivity contribution in [3.05, 3.63) is 134 Å². The van der Waals surface area contributed by atoms with Crippen molar-refractivity contribution >= 4 is 23.9 Å². The van der Waals surface area contributed by atoms with Crippen molar-refractivity contribution in [2.75, 3.05) is 13.2 Å². The van der Waals surface area contributed by atoms with Crippen LogP contribution in [-0.2, 0) is 42.9 Å². The Morgan fingerprint density at radius 1 is 0.467 bits per heavy atom. The first-order valence-corrected chi connectivity index (χ1v) is 28.2. The van der Waals surface area contributed by atoms with E-state index in [0.29, 0.717) is 19.3 Å². The zero-order valence-corrected chi connectivity index (χ0v) is 46.0. The molecule has 1 heterocycles. The maximum atomic E-state index is 13.1. The van der Waals surface area contributed by atoms with Gasteiger partial charge >= 0.3 is 23.9 Å². The van der Waals surface area contributed by atoms with Crippen molar-refractivity contribution < 1.29 is 58.2 Å². The van der Waals surface area contributed by atoms with Crippen LogP contribution in [0.3, 0.4) is 0 Å². The number of aliphatic carboxylic acids is 1. The highest BCUT2D eigenvalue weighted by molar-refractivity contribution is 5.74. The predicted octanol–water partition coefficient (Wildman–Crippen LogP) is 14.2. The Hall–Kier alpha value is -5.14. The van der Waals surface area contributed by atoms with Gasteiger partial charge in [-0.2, -0.15) is 0 Å². The molecule has 0 radical (unpaired) electrons. The molecule has 0 spiro atoms. The minimum absolute atomic E-state index is 0.126. The van der Waals surface area contributed by atoms with E-state index in [1.165, 1.54) is 12.8 Å². The zero-order chi connectivity index (χ0) is 54.7. The lowest BCUT2D eigenvalue weighted by Gasteiger charge is -2.40. The van der Waals surface area contributed by atoms with Crippen LogP contribution in [0, 0.1) is 0 Å². The fraction of sp³-hybridized carbons (Fsp3) is 0.587. The Labute approximate surface area is 451 Å². The summed E-state index contributed by atoms with van der Waals surface area (Å²) in [6, 6.07) is 0. The van der Waals surface area contributed by atoms with Crippen molar-refractivity contribution in [1.29, 1.82) is 0 Å². The van der Waals surface area contributed by atoms with Gasteiger partial charge in [-0.15, -0.1) is 0 Å². The summed E-state index contributed by atoms with van der Waals surface area (Å²) in [5.41, 5.74) is 0. The van der Waals surface area contributed by atoms with E-state index in [2.05, 4.69) is 130 Å². The van der Waals surface area contributed by atoms with Crippen LogP contribution in [0.1, 0.15) is 188 Å². The number of ether oxygens (including phenoxy) is 5. The molecule has 420 valence electrons. The van der Waals surface area contributed by atoms with Gasteiger partial charge in [0, 0.05) is 12.8 Å². The fourth-order valence-electron chi connectivity index (χ4n) is 7.45. The molecule has 3 N–H and O–H groups in total. The van der Waals surface area contributed by atoms with Crippen LogP contribution in [0.2, 0.25) is 0 Å². The Kier molecular flexibility index (Phi) is 45.0. The van der Waals surface area contributed by atoms with Gasteiger partial charge in [0.2, 0.25) is 0 Å². The molecule has 0 amide bonds. The highest BCUT2D eigenvalue weighted by atomic mass is 16.7. The Bertz CT molecular complexity index is 1810.